The lowest BCUT2D eigenvalue weighted by Crippen LogP contribution is -2.14. The average Bonchev–Trinajstić information content (AvgIpc) is 3.33. The molecule has 3 heteroatoms. The predicted octanol–water partition coefficient (Wildman–Crippen LogP) is 10.6. The van der Waals surface area contributed by atoms with Gasteiger partial charge in [-0.2, -0.15) is 0 Å². The summed E-state index contributed by atoms with van der Waals surface area (Å²) in [6.07, 6.45) is 3.82. The van der Waals surface area contributed by atoms with Crippen molar-refractivity contribution >= 4 is 32.6 Å². The summed E-state index contributed by atoms with van der Waals surface area (Å²) < 4.78 is 0. The van der Waals surface area contributed by atoms with Crippen LogP contribution in [0.3, 0.4) is 0 Å². The van der Waals surface area contributed by atoms with Gasteiger partial charge in [-0.25, -0.2) is 9.97 Å². The molecule has 0 N–H and O–H groups in total. The van der Waals surface area contributed by atoms with E-state index in [-0.39, 0.29) is 5.41 Å². The summed E-state index contributed by atoms with van der Waals surface area (Å²) >= 11 is 0. The molecule has 0 atom stereocenters. The summed E-state index contributed by atoms with van der Waals surface area (Å²) in [4.78, 5) is 15.1. The zero-order chi connectivity index (χ0) is 30.1. The van der Waals surface area contributed by atoms with Crippen LogP contribution in [0.2, 0.25) is 0 Å². The standard InChI is InChI=1S/C42H29N3/c1-42(2)36-10-6-5-9-34(36)35-18-15-31(23-37(35)42)38-19-16-27-12-13-28-17-20-39(45-41(28)40(27)44-38)33-22-32(24-43-25-33)30-14-11-26-7-3-4-8-29(26)21-30/h3-25H,1-2H3. The highest BCUT2D eigenvalue weighted by atomic mass is 14.8. The maximum Gasteiger partial charge on any atom is 0.0972 e. The van der Waals surface area contributed by atoms with Crippen molar-refractivity contribution in [3.8, 4) is 44.8 Å². The van der Waals surface area contributed by atoms with Crippen LogP contribution in [0.1, 0.15) is 25.0 Å². The van der Waals surface area contributed by atoms with Gasteiger partial charge < -0.3 is 0 Å². The number of benzene rings is 5. The van der Waals surface area contributed by atoms with Crippen LogP contribution in [0.25, 0.3) is 77.3 Å². The number of hydrogen-bond donors (Lipinski definition) is 0. The van der Waals surface area contributed by atoms with Crippen LogP contribution < -0.4 is 0 Å². The first kappa shape index (κ1) is 25.8. The molecule has 1 aliphatic carbocycles. The Morgan fingerprint density at radius 2 is 1.02 bits per heavy atom. The maximum absolute atomic E-state index is 5.25. The molecule has 3 aromatic heterocycles. The third-order valence-corrected chi connectivity index (χ3v) is 9.52. The molecule has 3 heterocycles. The van der Waals surface area contributed by atoms with Gasteiger partial charge in [-0.1, -0.05) is 111 Å². The Morgan fingerprint density at radius 1 is 0.422 bits per heavy atom. The fourth-order valence-corrected chi connectivity index (χ4v) is 7.06. The third kappa shape index (κ3) is 4.08. The molecule has 0 saturated heterocycles. The van der Waals surface area contributed by atoms with E-state index in [1.165, 1.54) is 33.0 Å². The van der Waals surface area contributed by atoms with Crippen molar-refractivity contribution in [2.45, 2.75) is 19.3 Å². The van der Waals surface area contributed by atoms with E-state index in [1.54, 1.807) is 0 Å². The molecular formula is C42H29N3. The first-order chi connectivity index (χ1) is 22.0. The number of rotatable bonds is 3. The average molecular weight is 576 g/mol. The monoisotopic (exact) mass is 575 g/mol. The summed E-state index contributed by atoms with van der Waals surface area (Å²) in [5.74, 6) is 0. The Morgan fingerprint density at radius 3 is 1.82 bits per heavy atom. The molecule has 0 fully saturated rings. The van der Waals surface area contributed by atoms with Crippen LogP contribution in [0.15, 0.2) is 140 Å². The van der Waals surface area contributed by atoms with Crippen LogP contribution in [0.4, 0.5) is 0 Å². The van der Waals surface area contributed by atoms with Gasteiger partial charge in [0, 0.05) is 45.3 Å². The van der Waals surface area contributed by atoms with E-state index in [4.69, 9.17) is 9.97 Å². The minimum atomic E-state index is -0.0582. The second-order valence-corrected chi connectivity index (χ2v) is 12.6. The van der Waals surface area contributed by atoms with E-state index in [9.17, 15) is 0 Å². The quantitative estimate of drug-likeness (QED) is 0.197. The van der Waals surface area contributed by atoms with Gasteiger partial charge >= 0.3 is 0 Å². The van der Waals surface area contributed by atoms with Crippen LogP contribution in [-0.2, 0) is 5.41 Å². The molecule has 0 aliphatic heterocycles. The first-order valence-corrected chi connectivity index (χ1v) is 15.4. The normalized spacial score (nSPS) is 13.3. The second-order valence-electron chi connectivity index (χ2n) is 12.6. The highest BCUT2D eigenvalue weighted by molar-refractivity contribution is 6.04. The number of nitrogens with zero attached hydrogens (tertiary/aromatic N) is 3. The highest BCUT2D eigenvalue weighted by Crippen LogP contribution is 2.49. The molecule has 8 aromatic rings. The first-order valence-electron chi connectivity index (χ1n) is 15.4. The molecule has 0 unspecified atom stereocenters. The van der Waals surface area contributed by atoms with Crippen molar-refractivity contribution in [3.63, 3.8) is 0 Å². The molecule has 0 saturated carbocycles. The number of fused-ring (bicyclic) bond motifs is 7. The van der Waals surface area contributed by atoms with Gasteiger partial charge in [-0.15, -0.1) is 0 Å². The molecule has 5 aromatic carbocycles. The Labute approximate surface area is 261 Å². The van der Waals surface area contributed by atoms with Crippen LogP contribution in [0.5, 0.6) is 0 Å². The van der Waals surface area contributed by atoms with Crippen molar-refractivity contribution in [3.05, 3.63) is 151 Å². The Bertz CT molecular complexity index is 2470. The van der Waals surface area contributed by atoms with Crippen molar-refractivity contribution in [1.29, 1.82) is 0 Å². The molecule has 0 radical (unpaired) electrons. The summed E-state index contributed by atoms with van der Waals surface area (Å²) in [6.45, 7) is 4.64. The van der Waals surface area contributed by atoms with Gasteiger partial charge in [-0.05, 0) is 68.9 Å². The van der Waals surface area contributed by atoms with Gasteiger partial charge in [0.1, 0.15) is 0 Å². The van der Waals surface area contributed by atoms with Gasteiger partial charge in [-0.3, -0.25) is 4.98 Å². The molecule has 212 valence electrons. The molecule has 45 heavy (non-hydrogen) atoms. The second kappa shape index (κ2) is 9.67. The van der Waals surface area contributed by atoms with Crippen molar-refractivity contribution in [1.82, 2.24) is 15.0 Å². The maximum atomic E-state index is 5.25. The highest BCUT2D eigenvalue weighted by Gasteiger charge is 2.35. The van der Waals surface area contributed by atoms with Crippen molar-refractivity contribution < 1.29 is 0 Å². The predicted molar refractivity (Wildman–Crippen MR) is 186 cm³/mol. The van der Waals surface area contributed by atoms with E-state index in [2.05, 4.69) is 146 Å². The molecule has 0 spiro atoms. The van der Waals surface area contributed by atoms with E-state index >= 15 is 0 Å². The molecule has 0 amide bonds. The van der Waals surface area contributed by atoms with E-state index in [0.717, 1.165) is 55.4 Å². The minimum absolute atomic E-state index is 0.0582. The zero-order valence-electron chi connectivity index (χ0n) is 25.1. The van der Waals surface area contributed by atoms with Gasteiger partial charge in [0.05, 0.1) is 22.4 Å². The third-order valence-electron chi connectivity index (χ3n) is 9.52. The lowest BCUT2D eigenvalue weighted by molar-refractivity contribution is 0.660. The summed E-state index contributed by atoms with van der Waals surface area (Å²) in [5, 5.41) is 4.59. The minimum Gasteiger partial charge on any atom is -0.263 e. The molecule has 1 aliphatic rings. The van der Waals surface area contributed by atoms with E-state index in [1.807, 2.05) is 12.4 Å². The molecule has 9 rings (SSSR count). The zero-order valence-corrected chi connectivity index (χ0v) is 25.1. The van der Waals surface area contributed by atoms with E-state index < -0.39 is 0 Å². The van der Waals surface area contributed by atoms with Gasteiger partial charge in [0.25, 0.3) is 0 Å². The van der Waals surface area contributed by atoms with Gasteiger partial charge in [0.15, 0.2) is 0 Å². The van der Waals surface area contributed by atoms with Crippen LogP contribution in [0, 0.1) is 0 Å². The Hall–Kier alpha value is -5.67. The van der Waals surface area contributed by atoms with E-state index in [0.29, 0.717) is 0 Å². The fraction of sp³-hybridized carbons (Fsp3) is 0.0714. The van der Waals surface area contributed by atoms with Crippen molar-refractivity contribution in [2.75, 3.05) is 0 Å². The lowest BCUT2D eigenvalue weighted by atomic mass is 9.82. The van der Waals surface area contributed by atoms with Crippen molar-refractivity contribution in [2.24, 2.45) is 0 Å². The summed E-state index contributed by atoms with van der Waals surface area (Å²) in [6, 6.07) is 45.5. The Kier molecular flexibility index (Phi) is 5.54. The molecule has 0 bridgehead atoms. The smallest absolute Gasteiger partial charge is 0.0972 e. The Balaban J connectivity index is 1.14. The molecular weight excluding hydrogens is 546 g/mol. The lowest BCUT2D eigenvalue weighted by Gasteiger charge is -2.21. The van der Waals surface area contributed by atoms with Gasteiger partial charge in [0.2, 0.25) is 0 Å². The topological polar surface area (TPSA) is 38.7 Å². The van der Waals surface area contributed by atoms with Crippen LogP contribution >= 0.6 is 0 Å². The number of pyridine rings is 3. The van der Waals surface area contributed by atoms with Crippen LogP contribution in [-0.4, -0.2) is 15.0 Å². The number of hydrogen-bond acceptors (Lipinski definition) is 3. The number of aromatic nitrogens is 3. The molecule has 3 nitrogen and oxygen atoms in total. The summed E-state index contributed by atoms with van der Waals surface area (Å²) in [7, 11) is 0. The SMILES string of the molecule is CC1(C)c2ccccc2-c2ccc(-c3ccc4ccc5ccc(-c6cncc(-c7ccc8ccccc8c7)c6)nc5c4n3)cc21. The largest absolute Gasteiger partial charge is 0.263 e. The fourth-order valence-electron chi connectivity index (χ4n) is 7.06. The summed E-state index contributed by atoms with van der Waals surface area (Å²) in [5.41, 5.74) is 13.3.